The predicted molar refractivity (Wildman–Crippen MR) is 140 cm³/mol. The van der Waals surface area contributed by atoms with Crippen LogP contribution in [0.5, 0.6) is 0 Å². The van der Waals surface area contributed by atoms with Gasteiger partial charge in [0, 0.05) is 23.4 Å². The minimum atomic E-state index is -2.91. The van der Waals surface area contributed by atoms with Gasteiger partial charge in [0.1, 0.15) is 17.4 Å². The molecule has 2 aromatic rings. The van der Waals surface area contributed by atoms with Crippen LogP contribution < -0.4 is 16.4 Å². The van der Waals surface area contributed by atoms with Crippen molar-refractivity contribution < 1.29 is 28.3 Å². The first-order valence-electron chi connectivity index (χ1n) is 11.4. The molecule has 200 valence electrons. The Kier molecular flexibility index (Phi) is 10.1. The van der Waals surface area contributed by atoms with Crippen LogP contribution in [0.25, 0.3) is 11.3 Å². The number of rotatable bonds is 10. The summed E-state index contributed by atoms with van der Waals surface area (Å²) in [5, 5.41) is 13.4. The molecular formula is C27H29F2N5O4. The number of carboxylic acid groups (broad SMARTS) is 1. The Hall–Kier alpha value is -4.67. The molecule has 1 saturated carbocycles. The third-order valence-corrected chi connectivity index (χ3v) is 5.24. The summed E-state index contributed by atoms with van der Waals surface area (Å²) in [6.07, 6.45) is 6.46. The number of hydrogen-bond acceptors (Lipinski definition) is 7. The summed E-state index contributed by atoms with van der Waals surface area (Å²) < 4.78 is 23.3. The third-order valence-electron chi connectivity index (χ3n) is 5.24. The lowest BCUT2D eigenvalue weighted by molar-refractivity contribution is -0.140. The molecule has 3 rings (SSSR count). The normalized spacial score (nSPS) is 16.7. The number of aliphatic carboxylic acids is 1. The molecule has 9 nitrogen and oxygen atoms in total. The van der Waals surface area contributed by atoms with E-state index >= 15 is 0 Å². The molecule has 0 saturated heterocycles. The highest BCUT2D eigenvalue weighted by Gasteiger charge is 2.61. The number of aromatic nitrogens is 2. The van der Waals surface area contributed by atoms with Crippen LogP contribution in [0.3, 0.4) is 0 Å². The van der Waals surface area contributed by atoms with E-state index in [0.717, 1.165) is 5.56 Å². The Morgan fingerprint density at radius 3 is 2.26 bits per heavy atom. The van der Waals surface area contributed by atoms with E-state index < -0.39 is 24.2 Å². The standard InChI is InChI=1S/C23H25N5O2.C4H4F2O2/c1-15(2)19(26-14-29)11-10-16(3)23(30)22(17(4)24)28-21-13-25-12-20(27-21)18-8-6-5-7-9-18;5-4(6)1-2(4)3(7)8/h5-14H,1,24H2,2-4H3,(H,26,29)(H,27,28);2H,1H2,(H,7,8)/b16-10+,19-11+,22-17+;. The van der Waals surface area contributed by atoms with E-state index in [2.05, 4.69) is 27.2 Å². The first kappa shape index (κ1) is 29.6. The van der Waals surface area contributed by atoms with Crippen molar-refractivity contribution >= 4 is 24.0 Å². The number of halogens is 2. The van der Waals surface area contributed by atoms with Gasteiger partial charge in [-0.05, 0) is 38.0 Å². The Morgan fingerprint density at radius 2 is 1.79 bits per heavy atom. The van der Waals surface area contributed by atoms with Crippen molar-refractivity contribution in [1.82, 2.24) is 15.3 Å². The molecule has 1 aromatic carbocycles. The van der Waals surface area contributed by atoms with Crippen LogP contribution in [0.4, 0.5) is 14.6 Å². The van der Waals surface area contributed by atoms with Crippen LogP contribution in [0.1, 0.15) is 27.2 Å². The van der Waals surface area contributed by atoms with Crippen molar-refractivity contribution in [3.05, 3.63) is 89.7 Å². The maximum atomic E-state index is 12.9. The van der Waals surface area contributed by atoms with E-state index in [4.69, 9.17) is 10.8 Å². The topological polar surface area (TPSA) is 147 Å². The number of anilines is 1. The van der Waals surface area contributed by atoms with E-state index in [9.17, 15) is 23.2 Å². The van der Waals surface area contributed by atoms with Crippen molar-refractivity contribution in [2.45, 2.75) is 33.1 Å². The highest BCUT2D eigenvalue weighted by Crippen LogP contribution is 2.48. The van der Waals surface area contributed by atoms with Gasteiger partial charge < -0.3 is 21.5 Å². The fourth-order valence-electron chi connectivity index (χ4n) is 2.98. The fraction of sp³-hybridized carbons (Fsp3) is 0.222. The molecule has 1 unspecified atom stereocenters. The molecule has 0 aliphatic heterocycles. The van der Waals surface area contributed by atoms with Crippen molar-refractivity contribution in [3.63, 3.8) is 0 Å². The molecule has 1 atom stereocenters. The lowest BCUT2D eigenvalue weighted by Crippen LogP contribution is -2.18. The van der Waals surface area contributed by atoms with E-state index in [0.29, 0.717) is 40.5 Å². The molecule has 1 fully saturated rings. The van der Waals surface area contributed by atoms with Crippen LogP contribution in [0.15, 0.2) is 89.7 Å². The second-order valence-electron chi connectivity index (χ2n) is 8.50. The Balaban J connectivity index is 0.000000538. The summed E-state index contributed by atoms with van der Waals surface area (Å²) in [5.74, 6) is -5.60. The molecule has 38 heavy (non-hydrogen) atoms. The van der Waals surface area contributed by atoms with E-state index in [1.165, 1.54) is 6.20 Å². The number of benzene rings is 1. The quantitative estimate of drug-likeness (QED) is 0.205. The number of nitrogens with zero attached hydrogens (tertiary/aromatic N) is 2. The predicted octanol–water partition coefficient (Wildman–Crippen LogP) is 4.19. The van der Waals surface area contributed by atoms with Gasteiger partial charge in [-0.1, -0.05) is 43.0 Å². The molecule has 1 aromatic heterocycles. The van der Waals surface area contributed by atoms with Gasteiger partial charge in [-0.15, -0.1) is 0 Å². The average molecular weight is 526 g/mol. The summed E-state index contributed by atoms with van der Waals surface area (Å²) >= 11 is 0. The van der Waals surface area contributed by atoms with Gasteiger partial charge in [0.25, 0.3) is 5.92 Å². The average Bonchev–Trinajstić information content (AvgIpc) is 3.53. The Labute approximate surface area is 218 Å². The molecule has 1 aliphatic carbocycles. The Morgan fingerprint density at radius 1 is 1.16 bits per heavy atom. The molecule has 11 heteroatoms. The van der Waals surface area contributed by atoms with Gasteiger partial charge in [-0.2, -0.15) is 0 Å². The number of amides is 1. The zero-order chi connectivity index (χ0) is 28.5. The minimum Gasteiger partial charge on any atom is -0.481 e. The summed E-state index contributed by atoms with van der Waals surface area (Å²) in [5.41, 5.74) is 9.65. The number of allylic oxidation sites excluding steroid dienone is 5. The number of carbonyl (C=O) groups excluding carboxylic acids is 2. The van der Waals surface area contributed by atoms with Gasteiger partial charge in [0.15, 0.2) is 0 Å². The lowest BCUT2D eigenvalue weighted by atomic mass is 10.1. The van der Waals surface area contributed by atoms with Crippen LogP contribution in [-0.2, 0) is 14.4 Å². The maximum absolute atomic E-state index is 12.9. The highest BCUT2D eigenvalue weighted by molar-refractivity contribution is 6.10. The van der Waals surface area contributed by atoms with Crippen molar-refractivity contribution in [3.8, 4) is 11.3 Å². The Bertz CT molecular complexity index is 1300. The highest BCUT2D eigenvalue weighted by atomic mass is 19.3. The molecule has 0 radical (unpaired) electrons. The van der Waals surface area contributed by atoms with Crippen molar-refractivity contribution in [2.24, 2.45) is 11.7 Å². The van der Waals surface area contributed by atoms with Crippen molar-refractivity contribution in [1.29, 1.82) is 0 Å². The second-order valence-corrected chi connectivity index (χ2v) is 8.50. The number of carbonyl (C=O) groups is 3. The molecule has 1 heterocycles. The smallest absolute Gasteiger partial charge is 0.312 e. The zero-order valence-corrected chi connectivity index (χ0v) is 21.2. The number of hydrogen-bond donors (Lipinski definition) is 4. The summed E-state index contributed by atoms with van der Waals surface area (Å²) in [6, 6.07) is 9.60. The van der Waals surface area contributed by atoms with Crippen LogP contribution in [0.2, 0.25) is 0 Å². The molecular weight excluding hydrogens is 496 g/mol. The molecule has 1 amide bonds. The van der Waals surface area contributed by atoms with Gasteiger partial charge >= 0.3 is 5.97 Å². The number of ketones is 1. The van der Waals surface area contributed by atoms with E-state index in [1.807, 2.05) is 30.3 Å². The minimum absolute atomic E-state index is 0.205. The third kappa shape index (κ3) is 8.47. The van der Waals surface area contributed by atoms with Gasteiger partial charge in [-0.3, -0.25) is 19.4 Å². The second kappa shape index (κ2) is 13.0. The van der Waals surface area contributed by atoms with E-state index in [-0.39, 0.29) is 11.5 Å². The fourth-order valence-corrected chi connectivity index (χ4v) is 2.98. The van der Waals surface area contributed by atoms with Crippen LogP contribution in [-0.4, -0.2) is 39.2 Å². The SMILES string of the molecule is C=C(C)/C(=C\C=C(/C)C(=O)/C(Nc1cncc(-c2ccccc2)n1)=C(/C)N)NC=O.O=C(O)C1CC1(F)F. The summed E-state index contributed by atoms with van der Waals surface area (Å²) in [4.78, 5) is 42.0. The van der Waals surface area contributed by atoms with Gasteiger partial charge in [-0.25, -0.2) is 13.8 Å². The monoisotopic (exact) mass is 525 g/mol. The van der Waals surface area contributed by atoms with Crippen LogP contribution >= 0.6 is 0 Å². The number of nitrogens with one attached hydrogen (secondary N) is 2. The zero-order valence-electron chi connectivity index (χ0n) is 21.2. The van der Waals surface area contributed by atoms with E-state index in [1.54, 1.807) is 39.1 Å². The number of nitrogens with two attached hydrogens (primary N) is 1. The molecule has 5 N–H and O–H groups in total. The molecule has 0 bridgehead atoms. The lowest BCUT2D eigenvalue weighted by Gasteiger charge is -2.12. The largest absolute Gasteiger partial charge is 0.481 e. The molecule has 0 spiro atoms. The number of Topliss-reactive ketones (excluding diaryl/α,β-unsaturated/α-hetero) is 1. The van der Waals surface area contributed by atoms with Gasteiger partial charge in [0.2, 0.25) is 12.2 Å². The number of alkyl halides is 2. The van der Waals surface area contributed by atoms with Crippen LogP contribution in [0, 0.1) is 5.92 Å². The van der Waals surface area contributed by atoms with Crippen molar-refractivity contribution in [2.75, 3.05) is 5.32 Å². The first-order chi connectivity index (χ1) is 17.9. The maximum Gasteiger partial charge on any atom is 0.312 e. The summed E-state index contributed by atoms with van der Waals surface area (Å²) in [6.45, 7) is 8.83. The first-order valence-corrected chi connectivity index (χ1v) is 11.4. The number of carboxylic acids is 1. The van der Waals surface area contributed by atoms with Gasteiger partial charge in [0.05, 0.1) is 18.1 Å². The molecule has 1 aliphatic rings. The summed E-state index contributed by atoms with van der Waals surface area (Å²) in [7, 11) is 0.